The Morgan fingerprint density at radius 3 is 2.00 bits per heavy atom. The Balaban J connectivity index is 3.10. The molecular formula is C15H13F7O5. The molecular weight excluding hydrogens is 393 g/mol. The third-order valence-electron chi connectivity index (χ3n) is 3.16. The summed E-state index contributed by atoms with van der Waals surface area (Å²) in [6.45, 7) is 5.35. The van der Waals surface area contributed by atoms with E-state index in [0.717, 1.165) is 0 Å². The molecule has 1 atom stereocenters. The lowest BCUT2D eigenvalue weighted by Gasteiger charge is -2.26. The molecule has 27 heavy (non-hydrogen) atoms. The fraction of sp³-hybridized carbons (Fsp3) is 0.467. The third kappa shape index (κ3) is 4.08. The van der Waals surface area contributed by atoms with Crippen LogP contribution in [0.3, 0.4) is 0 Å². The van der Waals surface area contributed by atoms with Crippen molar-refractivity contribution < 1.29 is 54.5 Å². The number of hydrogen-bond donors (Lipinski definition) is 0. The summed E-state index contributed by atoms with van der Waals surface area (Å²) in [5.74, 6) is -25.7. The van der Waals surface area contributed by atoms with Gasteiger partial charge in [-0.15, -0.1) is 0 Å². The molecule has 0 aromatic rings. The molecule has 5 nitrogen and oxygen atoms in total. The van der Waals surface area contributed by atoms with E-state index in [-0.39, 0.29) is 5.57 Å². The zero-order valence-electron chi connectivity index (χ0n) is 13.7. The van der Waals surface area contributed by atoms with Gasteiger partial charge in [0.1, 0.15) is 13.2 Å². The SMILES string of the molecule is C=CC(=O)OCC(COC(=O)C(=C)C)OC1=C(F)C(F)(F)C(F)(F)C1(F)F. The molecule has 152 valence electrons. The van der Waals surface area contributed by atoms with Crippen molar-refractivity contribution in [3.05, 3.63) is 36.4 Å². The van der Waals surface area contributed by atoms with Crippen molar-refractivity contribution in [2.75, 3.05) is 13.2 Å². The van der Waals surface area contributed by atoms with Crippen LogP contribution in [0, 0.1) is 0 Å². The minimum absolute atomic E-state index is 0.161. The van der Waals surface area contributed by atoms with Gasteiger partial charge in [-0.25, -0.2) is 14.0 Å². The first-order valence-corrected chi connectivity index (χ1v) is 7.02. The molecule has 0 fully saturated rings. The summed E-state index contributed by atoms with van der Waals surface area (Å²) >= 11 is 0. The molecule has 0 N–H and O–H groups in total. The van der Waals surface area contributed by atoms with E-state index in [0.29, 0.717) is 6.08 Å². The van der Waals surface area contributed by atoms with Gasteiger partial charge < -0.3 is 14.2 Å². The third-order valence-corrected chi connectivity index (χ3v) is 3.16. The van der Waals surface area contributed by atoms with Crippen LogP contribution < -0.4 is 0 Å². The van der Waals surface area contributed by atoms with E-state index in [1.165, 1.54) is 6.92 Å². The topological polar surface area (TPSA) is 61.8 Å². The van der Waals surface area contributed by atoms with Gasteiger partial charge in [0.05, 0.1) is 0 Å². The maximum Gasteiger partial charge on any atom is 0.386 e. The number of alkyl halides is 6. The summed E-state index contributed by atoms with van der Waals surface area (Å²) in [6, 6.07) is 0. The van der Waals surface area contributed by atoms with Gasteiger partial charge in [0.15, 0.2) is 6.10 Å². The van der Waals surface area contributed by atoms with Gasteiger partial charge in [-0.3, -0.25) is 0 Å². The molecule has 0 aromatic heterocycles. The molecule has 0 aliphatic heterocycles. The minimum atomic E-state index is -6.10. The molecule has 0 bridgehead atoms. The molecule has 1 aliphatic carbocycles. The van der Waals surface area contributed by atoms with Crippen LogP contribution >= 0.6 is 0 Å². The lowest BCUT2D eigenvalue weighted by atomic mass is 10.1. The van der Waals surface area contributed by atoms with Crippen LogP contribution in [0.25, 0.3) is 0 Å². The quantitative estimate of drug-likeness (QED) is 0.352. The lowest BCUT2D eigenvalue weighted by molar-refractivity contribution is -0.275. The maximum absolute atomic E-state index is 13.6. The largest absolute Gasteiger partial charge is 0.478 e. The number of allylic oxidation sites excluding steroid dienone is 2. The smallest absolute Gasteiger partial charge is 0.386 e. The van der Waals surface area contributed by atoms with Crippen molar-refractivity contribution in [2.45, 2.75) is 30.8 Å². The molecule has 0 amide bonds. The van der Waals surface area contributed by atoms with Crippen molar-refractivity contribution in [1.82, 2.24) is 0 Å². The average Bonchev–Trinajstić information content (AvgIpc) is 2.66. The molecule has 1 aliphatic rings. The second-order valence-corrected chi connectivity index (χ2v) is 5.32. The van der Waals surface area contributed by atoms with Gasteiger partial charge >= 0.3 is 29.7 Å². The summed E-state index contributed by atoms with van der Waals surface area (Å²) in [5, 5.41) is 0. The Morgan fingerprint density at radius 1 is 1.07 bits per heavy atom. The van der Waals surface area contributed by atoms with Crippen LogP contribution in [0.15, 0.2) is 36.4 Å². The molecule has 0 heterocycles. The number of carbonyl (C=O) groups is 2. The number of esters is 2. The van der Waals surface area contributed by atoms with Crippen LogP contribution in [0.1, 0.15) is 6.92 Å². The zero-order valence-corrected chi connectivity index (χ0v) is 13.7. The molecule has 0 spiro atoms. The predicted molar refractivity (Wildman–Crippen MR) is 74.8 cm³/mol. The molecule has 0 radical (unpaired) electrons. The van der Waals surface area contributed by atoms with Crippen LogP contribution in [0.5, 0.6) is 0 Å². The van der Waals surface area contributed by atoms with E-state index < -0.39 is 60.6 Å². The van der Waals surface area contributed by atoms with Crippen molar-refractivity contribution in [2.24, 2.45) is 0 Å². The molecule has 0 aromatic carbocycles. The number of hydrogen-bond acceptors (Lipinski definition) is 5. The highest BCUT2D eigenvalue weighted by molar-refractivity contribution is 5.86. The van der Waals surface area contributed by atoms with E-state index in [4.69, 9.17) is 0 Å². The van der Waals surface area contributed by atoms with Crippen LogP contribution in [-0.2, 0) is 23.8 Å². The minimum Gasteiger partial charge on any atom is -0.478 e. The Kier molecular flexibility index (Phi) is 6.34. The molecule has 12 heteroatoms. The maximum atomic E-state index is 13.6. The van der Waals surface area contributed by atoms with Gasteiger partial charge in [-0.05, 0) is 6.92 Å². The van der Waals surface area contributed by atoms with Crippen LogP contribution in [0.4, 0.5) is 30.7 Å². The van der Waals surface area contributed by atoms with E-state index in [1.54, 1.807) is 0 Å². The normalized spacial score (nSPS) is 20.6. The van der Waals surface area contributed by atoms with Gasteiger partial charge in [0, 0.05) is 11.6 Å². The van der Waals surface area contributed by atoms with E-state index in [9.17, 15) is 40.3 Å². The van der Waals surface area contributed by atoms with Crippen molar-refractivity contribution >= 4 is 11.9 Å². The van der Waals surface area contributed by atoms with Crippen LogP contribution in [-0.4, -0.2) is 49.0 Å². The highest BCUT2D eigenvalue weighted by Crippen LogP contribution is 2.59. The second kappa shape index (κ2) is 7.61. The number of carbonyl (C=O) groups excluding carboxylic acids is 2. The summed E-state index contributed by atoms with van der Waals surface area (Å²) < 4.78 is 106. The molecule has 1 unspecified atom stereocenters. The summed E-state index contributed by atoms with van der Waals surface area (Å²) in [7, 11) is 0. The Morgan fingerprint density at radius 2 is 1.59 bits per heavy atom. The summed E-state index contributed by atoms with van der Waals surface area (Å²) in [5.41, 5.74) is -0.161. The van der Waals surface area contributed by atoms with Gasteiger partial charge in [-0.1, -0.05) is 13.2 Å². The highest BCUT2D eigenvalue weighted by Gasteiger charge is 2.82. The number of rotatable bonds is 8. The Hall–Kier alpha value is -2.53. The fourth-order valence-corrected chi connectivity index (χ4v) is 1.69. The highest BCUT2D eigenvalue weighted by atomic mass is 19.3. The summed E-state index contributed by atoms with van der Waals surface area (Å²) in [4.78, 5) is 22.3. The molecule has 0 saturated carbocycles. The van der Waals surface area contributed by atoms with Crippen molar-refractivity contribution in [3.63, 3.8) is 0 Å². The average molecular weight is 406 g/mol. The first-order valence-electron chi connectivity index (χ1n) is 7.02. The molecule has 0 saturated heterocycles. The van der Waals surface area contributed by atoms with E-state index in [1.807, 2.05) is 0 Å². The van der Waals surface area contributed by atoms with Crippen molar-refractivity contribution in [1.29, 1.82) is 0 Å². The first kappa shape index (κ1) is 22.5. The van der Waals surface area contributed by atoms with Crippen molar-refractivity contribution in [3.8, 4) is 0 Å². The van der Waals surface area contributed by atoms with Crippen LogP contribution in [0.2, 0.25) is 0 Å². The monoisotopic (exact) mass is 406 g/mol. The number of ether oxygens (including phenoxy) is 3. The second-order valence-electron chi connectivity index (χ2n) is 5.32. The summed E-state index contributed by atoms with van der Waals surface area (Å²) in [6.07, 6.45) is -1.38. The lowest BCUT2D eigenvalue weighted by Crippen LogP contribution is -2.49. The van der Waals surface area contributed by atoms with Gasteiger partial charge in [0.25, 0.3) is 0 Å². The standard InChI is InChI=1S/C15H13F7O5/c1-4-9(23)25-5-8(6-26-12(24)7(2)3)27-11-10(16)13(17,18)15(21,22)14(11,19)20/h4,8H,1-2,5-6H2,3H3. The predicted octanol–water partition coefficient (Wildman–Crippen LogP) is 3.32. The molecule has 1 rings (SSSR count). The Bertz CT molecular complexity index is 684. The first-order chi connectivity index (χ1) is 12.2. The zero-order chi connectivity index (χ0) is 21.2. The van der Waals surface area contributed by atoms with Gasteiger partial charge in [0.2, 0.25) is 11.6 Å². The van der Waals surface area contributed by atoms with E-state index >= 15 is 0 Å². The fourth-order valence-electron chi connectivity index (χ4n) is 1.69. The van der Waals surface area contributed by atoms with Gasteiger partial charge in [-0.2, -0.15) is 26.3 Å². The Labute approximate surface area is 148 Å². The number of halogens is 7. The van der Waals surface area contributed by atoms with E-state index in [2.05, 4.69) is 27.4 Å².